The van der Waals surface area contributed by atoms with Crippen molar-refractivity contribution in [2.75, 3.05) is 12.3 Å². The summed E-state index contributed by atoms with van der Waals surface area (Å²) >= 11 is 0. The van der Waals surface area contributed by atoms with Gasteiger partial charge in [-0.3, -0.25) is 4.79 Å². The minimum atomic E-state index is -0.445. The molecule has 1 aromatic rings. The molecular weight excluding hydrogens is 259 g/mol. The lowest BCUT2D eigenvalue weighted by Crippen LogP contribution is -2.62. The first kappa shape index (κ1) is 14.8. The molecule has 1 fully saturated rings. The molecule has 1 aliphatic rings. The Bertz CT molecular complexity index is 517. The Kier molecular flexibility index (Phi) is 3.99. The third kappa shape index (κ3) is 2.63. The first-order valence-electron chi connectivity index (χ1n) is 6.83. The van der Waals surface area contributed by atoms with Crippen LogP contribution < -0.4 is 11.1 Å². The van der Waals surface area contributed by atoms with Crippen LogP contribution in [-0.2, 0) is 4.74 Å². The van der Waals surface area contributed by atoms with Crippen LogP contribution in [0.4, 0.5) is 10.1 Å². The van der Waals surface area contributed by atoms with E-state index in [2.05, 4.69) is 19.2 Å². The number of amides is 1. The van der Waals surface area contributed by atoms with E-state index < -0.39 is 5.82 Å². The topological polar surface area (TPSA) is 64.3 Å². The van der Waals surface area contributed by atoms with E-state index in [0.29, 0.717) is 12.2 Å². The van der Waals surface area contributed by atoms with E-state index in [1.807, 2.05) is 6.92 Å². The van der Waals surface area contributed by atoms with Crippen molar-refractivity contribution >= 4 is 11.6 Å². The summed E-state index contributed by atoms with van der Waals surface area (Å²) < 4.78 is 18.6. The molecule has 2 rings (SSSR count). The van der Waals surface area contributed by atoms with Crippen LogP contribution >= 0.6 is 0 Å². The lowest BCUT2D eigenvalue weighted by Gasteiger charge is -2.51. The number of nitrogen functional groups attached to an aromatic ring is 1. The van der Waals surface area contributed by atoms with Crippen LogP contribution in [0.2, 0.25) is 0 Å². The predicted molar refractivity (Wildman–Crippen MR) is 75.9 cm³/mol. The predicted octanol–water partition coefficient (Wildman–Crippen LogP) is 2.34. The van der Waals surface area contributed by atoms with Crippen molar-refractivity contribution in [3.8, 4) is 0 Å². The second kappa shape index (κ2) is 5.40. The number of carbonyl (C=O) groups is 1. The molecule has 1 aromatic carbocycles. The van der Waals surface area contributed by atoms with E-state index in [1.54, 1.807) is 0 Å². The molecule has 3 N–H and O–H groups in total. The Hall–Kier alpha value is -1.62. The van der Waals surface area contributed by atoms with E-state index in [4.69, 9.17) is 10.5 Å². The molecule has 2 unspecified atom stereocenters. The average Bonchev–Trinajstić information content (AvgIpc) is 2.37. The number of hydrogen-bond acceptors (Lipinski definition) is 3. The molecule has 4 nitrogen and oxygen atoms in total. The van der Waals surface area contributed by atoms with Gasteiger partial charge in [0, 0.05) is 23.8 Å². The zero-order chi connectivity index (χ0) is 14.9. The van der Waals surface area contributed by atoms with Crippen molar-refractivity contribution in [2.24, 2.45) is 5.41 Å². The van der Waals surface area contributed by atoms with Crippen LogP contribution in [0, 0.1) is 11.2 Å². The van der Waals surface area contributed by atoms with Gasteiger partial charge in [-0.05, 0) is 31.5 Å². The highest BCUT2D eigenvalue weighted by Gasteiger charge is 2.49. The molecule has 20 heavy (non-hydrogen) atoms. The third-order valence-electron chi connectivity index (χ3n) is 4.11. The summed E-state index contributed by atoms with van der Waals surface area (Å²) in [6.45, 7) is 6.76. The zero-order valence-electron chi connectivity index (χ0n) is 12.1. The first-order valence-corrected chi connectivity index (χ1v) is 6.83. The minimum Gasteiger partial charge on any atom is -0.398 e. The van der Waals surface area contributed by atoms with Crippen LogP contribution in [0.5, 0.6) is 0 Å². The second-order valence-electron chi connectivity index (χ2n) is 5.76. The molecule has 0 aromatic heterocycles. The van der Waals surface area contributed by atoms with Crippen LogP contribution in [0.1, 0.15) is 37.6 Å². The summed E-state index contributed by atoms with van der Waals surface area (Å²) in [6, 6.07) is 3.84. The van der Waals surface area contributed by atoms with Crippen LogP contribution in [0.15, 0.2) is 18.2 Å². The second-order valence-corrected chi connectivity index (χ2v) is 5.76. The van der Waals surface area contributed by atoms with Gasteiger partial charge in [0.2, 0.25) is 0 Å². The van der Waals surface area contributed by atoms with Gasteiger partial charge in [-0.2, -0.15) is 0 Å². The van der Waals surface area contributed by atoms with Gasteiger partial charge in [-0.15, -0.1) is 0 Å². The molecule has 0 aliphatic heterocycles. The van der Waals surface area contributed by atoms with Crippen molar-refractivity contribution in [3.05, 3.63) is 29.6 Å². The molecule has 110 valence electrons. The molecule has 0 heterocycles. The summed E-state index contributed by atoms with van der Waals surface area (Å²) in [5, 5.41) is 2.95. The van der Waals surface area contributed by atoms with Crippen molar-refractivity contribution in [2.45, 2.75) is 39.3 Å². The fraction of sp³-hybridized carbons (Fsp3) is 0.533. The largest absolute Gasteiger partial charge is 0.398 e. The quantitative estimate of drug-likeness (QED) is 0.832. The van der Waals surface area contributed by atoms with Crippen LogP contribution in [-0.4, -0.2) is 24.7 Å². The first-order chi connectivity index (χ1) is 9.36. The van der Waals surface area contributed by atoms with Gasteiger partial charge < -0.3 is 15.8 Å². The highest BCUT2D eigenvalue weighted by molar-refractivity contribution is 5.99. The van der Waals surface area contributed by atoms with Crippen molar-refractivity contribution in [1.82, 2.24) is 5.32 Å². The fourth-order valence-electron chi connectivity index (χ4n) is 2.59. The maximum atomic E-state index is 13.0. The molecule has 1 amide bonds. The lowest BCUT2D eigenvalue weighted by atomic mass is 9.64. The minimum absolute atomic E-state index is 0.0380. The number of carbonyl (C=O) groups excluding carboxylic acids is 1. The lowest BCUT2D eigenvalue weighted by molar-refractivity contribution is -0.111. The normalized spacial score (nSPS) is 24.0. The number of benzene rings is 1. The number of ether oxygens (including phenoxy) is 1. The smallest absolute Gasteiger partial charge is 0.253 e. The summed E-state index contributed by atoms with van der Waals surface area (Å²) in [4.78, 5) is 12.2. The molecule has 1 aliphatic carbocycles. The number of nitrogens with two attached hydrogens (primary N) is 1. The van der Waals surface area contributed by atoms with Crippen LogP contribution in [0.25, 0.3) is 0 Å². The van der Waals surface area contributed by atoms with Crippen molar-refractivity contribution < 1.29 is 13.9 Å². The zero-order valence-corrected chi connectivity index (χ0v) is 12.1. The summed E-state index contributed by atoms with van der Waals surface area (Å²) in [6.07, 6.45) is 0.941. The Morgan fingerprint density at radius 2 is 2.25 bits per heavy atom. The number of anilines is 1. The maximum absolute atomic E-state index is 13.0. The SMILES string of the molecule is CCOC1CC(NC(=O)c2ccc(F)cc2N)C1(C)C. The Labute approximate surface area is 118 Å². The summed E-state index contributed by atoms with van der Waals surface area (Å²) in [5.74, 6) is -0.713. The van der Waals surface area contributed by atoms with Crippen LogP contribution in [0.3, 0.4) is 0 Å². The van der Waals surface area contributed by atoms with E-state index in [-0.39, 0.29) is 29.2 Å². The third-order valence-corrected chi connectivity index (χ3v) is 4.11. The van der Waals surface area contributed by atoms with Gasteiger partial charge in [-0.1, -0.05) is 13.8 Å². The number of rotatable bonds is 4. The highest BCUT2D eigenvalue weighted by Crippen LogP contribution is 2.42. The van der Waals surface area contributed by atoms with E-state index in [0.717, 1.165) is 12.5 Å². The van der Waals surface area contributed by atoms with Crippen molar-refractivity contribution in [3.63, 3.8) is 0 Å². The molecule has 0 saturated heterocycles. The summed E-state index contributed by atoms with van der Waals surface area (Å²) in [5.41, 5.74) is 6.03. The van der Waals surface area contributed by atoms with Gasteiger partial charge in [0.25, 0.3) is 5.91 Å². The molecule has 0 spiro atoms. The van der Waals surface area contributed by atoms with Crippen molar-refractivity contribution in [1.29, 1.82) is 0 Å². The molecule has 0 radical (unpaired) electrons. The van der Waals surface area contributed by atoms with Gasteiger partial charge in [0.15, 0.2) is 0 Å². The Balaban J connectivity index is 2.03. The van der Waals surface area contributed by atoms with E-state index in [9.17, 15) is 9.18 Å². The standard InChI is InChI=1S/C15H21FN2O2/c1-4-20-13-8-12(15(13,2)3)18-14(19)10-6-5-9(16)7-11(10)17/h5-7,12-13H,4,8,17H2,1-3H3,(H,18,19). The highest BCUT2D eigenvalue weighted by atomic mass is 19.1. The van der Waals surface area contributed by atoms with E-state index in [1.165, 1.54) is 12.1 Å². The average molecular weight is 280 g/mol. The maximum Gasteiger partial charge on any atom is 0.253 e. The number of halogens is 1. The van der Waals surface area contributed by atoms with Gasteiger partial charge >= 0.3 is 0 Å². The summed E-state index contributed by atoms with van der Waals surface area (Å²) in [7, 11) is 0. The number of hydrogen-bond donors (Lipinski definition) is 2. The Morgan fingerprint density at radius 3 is 2.80 bits per heavy atom. The van der Waals surface area contributed by atoms with Gasteiger partial charge in [0.1, 0.15) is 5.82 Å². The molecule has 2 atom stereocenters. The van der Waals surface area contributed by atoms with E-state index >= 15 is 0 Å². The monoisotopic (exact) mass is 280 g/mol. The van der Waals surface area contributed by atoms with Gasteiger partial charge in [0.05, 0.1) is 11.7 Å². The molecule has 0 bridgehead atoms. The molecule has 1 saturated carbocycles. The molecule has 5 heteroatoms. The number of nitrogens with one attached hydrogen (secondary N) is 1. The van der Waals surface area contributed by atoms with Gasteiger partial charge in [-0.25, -0.2) is 4.39 Å². The molecular formula is C15H21FN2O2. The fourth-order valence-corrected chi connectivity index (χ4v) is 2.59. The Morgan fingerprint density at radius 1 is 1.55 bits per heavy atom.